The molecule has 0 aliphatic carbocycles. The molecule has 0 aromatic heterocycles. The number of fused-ring (bicyclic) bond motifs is 2. The van der Waals surface area contributed by atoms with Crippen molar-refractivity contribution in [2.75, 3.05) is 52.4 Å². The molecule has 0 atom stereocenters. The Hall–Kier alpha value is -4.56. The highest BCUT2D eigenvalue weighted by Gasteiger charge is 2.39. The van der Waals surface area contributed by atoms with Crippen LogP contribution in [0.3, 0.4) is 0 Å². The average Bonchev–Trinajstić information content (AvgIpc) is 3.25. The van der Waals surface area contributed by atoms with Crippen LogP contribution in [0.1, 0.15) is 31.8 Å². The Bertz CT molecular complexity index is 1600. The molecule has 0 N–H and O–H groups in total. The van der Waals surface area contributed by atoms with Gasteiger partial charge in [0.25, 0.3) is 11.8 Å². The number of imide groups is 1. The molecule has 0 saturated carbocycles. The van der Waals surface area contributed by atoms with Gasteiger partial charge in [-0.1, -0.05) is 42.5 Å². The van der Waals surface area contributed by atoms with Gasteiger partial charge < -0.3 is 19.1 Å². The third-order valence-corrected chi connectivity index (χ3v) is 7.98. The van der Waals surface area contributed by atoms with Crippen LogP contribution in [0.5, 0.6) is 17.2 Å². The fourth-order valence-electron chi connectivity index (χ4n) is 5.87. The molecule has 2 amide bonds. The lowest BCUT2D eigenvalue weighted by atomic mass is 10.1. The Labute approximate surface area is 239 Å². The third-order valence-electron chi connectivity index (χ3n) is 7.98. The quantitative estimate of drug-likeness (QED) is 0.286. The molecule has 1 fully saturated rings. The summed E-state index contributed by atoms with van der Waals surface area (Å²) < 4.78 is 16.3. The van der Waals surface area contributed by atoms with Crippen LogP contribution in [0.15, 0.2) is 72.8 Å². The molecule has 8 heteroatoms. The van der Waals surface area contributed by atoms with Gasteiger partial charge in [-0.05, 0) is 52.2 Å². The van der Waals surface area contributed by atoms with Crippen LogP contribution in [-0.4, -0.2) is 69.1 Å². The minimum absolute atomic E-state index is 0.0992. The highest BCUT2D eigenvalue weighted by Crippen LogP contribution is 2.40. The van der Waals surface area contributed by atoms with Gasteiger partial charge in [0, 0.05) is 32.7 Å². The zero-order valence-corrected chi connectivity index (χ0v) is 23.6. The van der Waals surface area contributed by atoms with Gasteiger partial charge >= 0.3 is 0 Å². The largest absolute Gasteiger partial charge is 0.493 e. The molecule has 210 valence electrons. The number of carbonyl (C=O) groups excluding carboxylic acids is 2. The maximum atomic E-state index is 13.7. The molecular formula is C33H33N3O5. The van der Waals surface area contributed by atoms with E-state index < -0.39 is 0 Å². The Kier molecular flexibility index (Phi) is 7.24. The molecule has 0 bridgehead atoms. The topological polar surface area (TPSA) is 71.6 Å². The van der Waals surface area contributed by atoms with Crippen molar-refractivity contribution < 1.29 is 23.8 Å². The smallest absolute Gasteiger partial charge is 0.263 e. The van der Waals surface area contributed by atoms with Gasteiger partial charge in [-0.25, -0.2) is 0 Å². The summed E-state index contributed by atoms with van der Waals surface area (Å²) in [4.78, 5) is 33.1. The molecule has 2 aliphatic heterocycles. The SMILES string of the molecule is COc1cc(CN2C(=O)c3cccc(N4CCN(Cc5ccc6ccccc6c5)CC4)c3C2=O)cc(OC)c1OC. The van der Waals surface area contributed by atoms with Crippen molar-refractivity contribution in [1.29, 1.82) is 0 Å². The zero-order valence-electron chi connectivity index (χ0n) is 23.6. The molecule has 4 aromatic carbocycles. The number of piperazine rings is 1. The molecule has 0 radical (unpaired) electrons. The molecular weight excluding hydrogens is 518 g/mol. The Morgan fingerprint density at radius 1 is 0.659 bits per heavy atom. The Morgan fingerprint density at radius 3 is 2.05 bits per heavy atom. The minimum Gasteiger partial charge on any atom is -0.493 e. The highest BCUT2D eigenvalue weighted by atomic mass is 16.5. The van der Waals surface area contributed by atoms with Crippen LogP contribution < -0.4 is 19.1 Å². The summed E-state index contributed by atoms with van der Waals surface area (Å²) >= 11 is 0. The normalized spacial score (nSPS) is 15.4. The molecule has 0 spiro atoms. The first kappa shape index (κ1) is 26.7. The number of carbonyl (C=O) groups is 2. The van der Waals surface area contributed by atoms with Crippen LogP contribution in [0, 0.1) is 0 Å². The maximum Gasteiger partial charge on any atom is 0.263 e. The molecule has 1 saturated heterocycles. The van der Waals surface area contributed by atoms with Crippen molar-refractivity contribution in [3.05, 3.63) is 95.1 Å². The number of rotatable bonds is 8. The number of amides is 2. The summed E-state index contributed by atoms with van der Waals surface area (Å²) in [5.74, 6) is 0.827. The van der Waals surface area contributed by atoms with Gasteiger partial charge in [0.2, 0.25) is 5.75 Å². The fraction of sp³-hybridized carbons (Fsp3) is 0.273. The van der Waals surface area contributed by atoms with Gasteiger partial charge in [-0.3, -0.25) is 19.4 Å². The summed E-state index contributed by atoms with van der Waals surface area (Å²) in [6, 6.07) is 24.1. The van der Waals surface area contributed by atoms with E-state index in [1.165, 1.54) is 42.6 Å². The second-order valence-corrected chi connectivity index (χ2v) is 10.4. The molecule has 4 aromatic rings. The molecule has 8 nitrogen and oxygen atoms in total. The Morgan fingerprint density at radius 2 is 1.37 bits per heavy atom. The van der Waals surface area contributed by atoms with E-state index in [4.69, 9.17) is 14.2 Å². The first-order chi connectivity index (χ1) is 20.0. The average molecular weight is 552 g/mol. The molecule has 2 aliphatic rings. The number of anilines is 1. The van der Waals surface area contributed by atoms with Gasteiger partial charge in [0.05, 0.1) is 44.7 Å². The van der Waals surface area contributed by atoms with Crippen molar-refractivity contribution in [1.82, 2.24) is 9.80 Å². The number of hydrogen-bond acceptors (Lipinski definition) is 7. The standard InChI is InChI=1S/C33H33N3O5/c1-39-28-18-23(19-29(40-2)31(28)41-3)21-36-32(37)26-9-6-10-27(30(26)33(36)38)35-15-13-34(14-16-35)20-22-11-12-24-7-4-5-8-25(24)17-22/h4-12,17-19H,13-16,20-21H2,1-3H3. The van der Waals surface area contributed by atoms with E-state index in [0.29, 0.717) is 33.9 Å². The van der Waals surface area contributed by atoms with Crippen molar-refractivity contribution >= 4 is 28.3 Å². The van der Waals surface area contributed by atoms with Crippen LogP contribution >= 0.6 is 0 Å². The summed E-state index contributed by atoms with van der Waals surface area (Å²) in [6.07, 6.45) is 0. The summed E-state index contributed by atoms with van der Waals surface area (Å²) in [6.45, 7) is 4.27. The highest BCUT2D eigenvalue weighted by molar-refractivity contribution is 6.23. The summed E-state index contributed by atoms with van der Waals surface area (Å²) in [5.41, 5.74) is 3.74. The van der Waals surface area contributed by atoms with E-state index in [2.05, 4.69) is 52.3 Å². The maximum absolute atomic E-state index is 13.7. The number of nitrogens with zero attached hydrogens (tertiary/aromatic N) is 3. The van der Waals surface area contributed by atoms with Crippen LogP contribution in [0.2, 0.25) is 0 Å². The number of hydrogen-bond donors (Lipinski definition) is 0. The van der Waals surface area contributed by atoms with Gasteiger partial charge in [0.1, 0.15) is 0 Å². The van der Waals surface area contributed by atoms with Crippen molar-refractivity contribution in [2.24, 2.45) is 0 Å². The summed E-state index contributed by atoms with van der Waals surface area (Å²) in [5, 5.41) is 2.50. The van der Waals surface area contributed by atoms with Crippen LogP contribution in [0.25, 0.3) is 10.8 Å². The molecule has 6 rings (SSSR count). The van der Waals surface area contributed by atoms with Crippen molar-refractivity contribution in [2.45, 2.75) is 13.1 Å². The number of benzene rings is 4. The lowest BCUT2D eigenvalue weighted by Crippen LogP contribution is -2.46. The monoisotopic (exact) mass is 551 g/mol. The molecule has 2 heterocycles. The van der Waals surface area contributed by atoms with E-state index in [0.717, 1.165) is 38.4 Å². The summed E-state index contributed by atoms with van der Waals surface area (Å²) in [7, 11) is 4.61. The number of methoxy groups -OCH3 is 3. The van der Waals surface area contributed by atoms with E-state index in [-0.39, 0.29) is 18.4 Å². The zero-order chi connectivity index (χ0) is 28.5. The van der Waals surface area contributed by atoms with Crippen molar-refractivity contribution in [3.63, 3.8) is 0 Å². The van der Waals surface area contributed by atoms with E-state index >= 15 is 0 Å². The lowest BCUT2D eigenvalue weighted by molar-refractivity contribution is 0.0642. The lowest BCUT2D eigenvalue weighted by Gasteiger charge is -2.36. The second-order valence-electron chi connectivity index (χ2n) is 10.4. The molecule has 41 heavy (non-hydrogen) atoms. The number of ether oxygens (including phenoxy) is 3. The predicted octanol–water partition coefficient (Wildman–Crippen LogP) is 4.98. The van der Waals surface area contributed by atoms with E-state index in [1.807, 2.05) is 12.1 Å². The fourth-order valence-corrected chi connectivity index (χ4v) is 5.87. The van der Waals surface area contributed by atoms with E-state index in [1.54, 1.807) is 18.2 Å². The van der Waals surface area contributed by atoms with Gasteiger partial charge in [0.15, 0.2) is 11.5 Å². The predicted molar refractivity (Wildman–Crippen MR) is 158 cm³/mol. The third kappa shape index (κ3) is 4.95. The second kappa shape index (κ2) is 11.1. The van der Waals surface area contributed by atoms with Gasteiger partial charge in [-0.15, -0.1) is 0 Å². The Balaban J connectivity index is 1.17. The molecule has 0 unspecified atom stereocenters. The van der Waals surface area contributed by atoms with E-state index in [9.17, 15) is 9.59 Å². The van der Waals surface area contributed by atoms with Crippen molar-refractivity contribution in [3.8, 4) is 17.2 Å². The first-order valence-electron chi connectivity index (χ1n) is 13.7. The van der Waals surface area contributed by atoms with Crippen LogP contribution in [-0.2, 0) is 13.1 Å². The van der Waals surface area contributed by atoms with Crippen LogP contribution in [0.4, 0.5) is 5.69 Å². The van der Waals surface area contributed by atoms with Gasteiger partial charge in [-0.2, -0.15) is 0 Å². The first-order valence-corrected chi connectivity index (χ1v) is 13.7. The minimum atomic E-state index is -0.296.